The zero-order valence-corrected chi connectivity index (χ0v) is 16.5. The van der Waals surface area contributed by atoms with Gasteiger partial charge in [-0.25, -0.2) is 9.18 Å². The number of amides is 1. The molecule has 1 amide bonds. The second-order valence-corrected chi connectivity index (χ2v) is 7.68. The SMILES string of the molecule is O=C(CCc1cc(F)cc(Cl)c1)C1(O)CCN(c2ccc3oc(=O)ccc3c2)C1=O. The van der Waals surface area contributed by atoms with Gasteiger partial charge in [0, 0.05) is 41.5 Å². The highest BCUT2D eigenvalue weighted by molar-refractivity contribution is 6.30. The zero-order valence-electron chi connectivity index (χ0n) is 15.7. The lowest BCUT2D eigenvalue weighted by molar-refractivity contribution is -0.147. The Balaban J connectivity index is 1.51. The molecule has 0 radical (unpaired) electrons. The Morgan fingerprint density at radius 3 is 2.73 bits per heavy atom. The van der Waals surface area contributed by atoms with Gasteiger partial charge in [0.25, 0.3) is 5.91 Å². The molecule has 2 heterocycles. The molecular weight excluding hydrogens is 413 g/mol. The summed E-state index contributed by atoms with van der Waals surface area (Å²) >= 11 is 5.82. The predicted molar refractivity (Wildman–Crippen MR) is 109 cm³/mol. The fraction of sp³-hybridized carbons (Fsp3) is 0.227. The van der Waals surface area contributed by atoms with Gasteiger partial charge in [-0.3, -0.25) is 9.59 Å². The molecule has 6 nitrogen and oxygen atoms in total. The van der Waals surface area contributed by atoms with Crippen LogP contribution in [0.4, 0.5) is 10.1 Å². The zero-order chi connectivity index (χ0) is 21.5. The van der Waals surface area contributed by atoms with Crippen LogP contribution in [-0.4, -0.2) is 28.9 Å². The van der Waals surface area contributed by atoms with Crippen LogP contribution in [0.3, 0.4) is 0 Å². The molecule has 30 heavy (non-hydrogen) atoms. The van der Waals surface area contributed by atoms with Crippen molar-refractivity contribution >= 4 is 39.9 Å². The van der Waals surface area contributed by atoms with E-state index in [2.05, 4.69) is 0 Å². The average Bonchev–Trinajstić information content (AvgIpc) is 3.01. The van der Waals surface area contributed by atoms with Crippen LogP contribution in [-0.2, 0) is 16.0 Å². The first-order valence-corrected chi connectivity index (χ1v) is 9.71. The van der Waals surface area contributed by atoms with Gasteiger partial charge in [-0.1, -0.05) is 11.6 Å². The van der Waals surface area contributed by atoms with E-state index in [1.165, 1.54) is 23.1 Å². The van der Waals surface area contributed by atoms with E-state index in [1.54, 1.807) is 24.3 Å². The van der Waals surface area contributed by atoms with Crippen LogP contribution in [0.25, 0.3) is 11.0 Å². The Morgan fingerprint density at radius 1 is 1.17 bits per heavy atom. The number of hydrogen-bond donors (Lipinski definition) is 1. The lowest BCUT2D eigenvalue weighted by atomic mass is 9.92. The average molecular weight is 430 g/mol. The summed E-state index contributed by atoms with van der Waals surface area (Å²) in [6.07, 6.45) is -0.0177. The summed E-state index contributed by atoms with van der Waals surface area (Å²) in [5, 5.41) is 11.6. The lowest BCUT2D eigenvalue weighted by Gasteiger charge is -2.21. The first-order chi connectivity index (χ1) is 14.3. The first-order valence-electron chi connectivity index (χ1n) is 9.33. The number of nitrogens with zero attached hydrogens (tertiary/aromatic N) is 1. The summed E-state index contributed by atoms with van der Waals surface area (Å²) in [5.74, 6) is -1.84. The minimum atomic E-state index is -2.13. The van der Waals surface area contributed by atoms with Crippen LogP contribution in [0.5, 0.6) is 0 Å². The fourth-order valence-corrected chi connectivity index (χ4v) is 3.90. The van der Waals surface area contributed by atoms with E-state index in [9.17, 15) is 23.9 Å². The van der Waals surface area contributed by atoms with Crippen LogP contribution in [0.2, 0.25) is 5.02 Å². The number of ketones is 1. The molecule has 2 aromatic carbocycles. The van der Waals surface area contributed by atoms with E-state index < -0.39 is 28.7 Å². The Labute approximate surface area is 175 Å². The molecule has 3 aromatic rings. The molecule has 1 fully saturated rings. The van der Waals surface area contributed by atoms with E-state index >= 15 is 0 Å². The first kappa shape index (κ1) is 20.3. The molecule has 1 saturated heterocycles. The number of carbonyl (C=O) groups excluding carboxylic acids is 2. The van der Waals surface area contributed by atoms with Gasteiger partial charge in [0.2, 0.25) is 5.60 Å². The summed E-state index contributed by atoms with van der Waals surface area (Å²) in [5.41, 5.74) is -1.24. The van der Waals surface area contributed by atoms with E-state index in [1.807, 2.05) is 0 Å². The normalized spacial score (nSPS) is 18.9. The quantitative estimate of drug-likeness (QED) is 0.497. The van der Waals surface area contributed by atoms with Gasteiger partial charge in [-0.05, 0) is 54.4 Å². The minimum absolute atomic E-state index is 0.0452. The molecule has 0 aliphatic carbocycles. The Bertz CT molecular complexity index is 1200. The maximum absolute atomic E-state index is 13.5. The molecule has 0 saturated carbocycles. The van der Waals surface area contributed by atoms with Gasteiger partial charge in [-0.2, -0.15) is 0 Å². The standard InChI is InChI=1S/C22H17ClFNO5/c23-15-9-13(10-16(24)12-15)1-5-19(26)22(29)7-8-25(21(22)28)17-3-4-18-14(11-17)2-6-20(27)30-18/h2-4,6,9-12,29H,1,5,7-8H2. The van der Waals surface area contributed by atoms with Gasteiger partial charge in [0.15, 0.2) is 5.78 Å². The van der Waals surface area contributed by atoms with E-state index in [4.69, 9.17) is 16.0 Å². The summed E-state index contributed by atoms with van der Waals surface area (Å²) in [7, 11) is 0. The smallest absolute Gasteiger partial charge is 0.336 e. The van der Waals surface area contributed by atoms with Crippen molar-refractivity contribution in [3.63, 3.8) is 0 Å². The molecule has 1 aliphatic heterocycles. The Kier molecular flexibility index (Phi) is 5.17. The van der Waals surface area contributed by atoms with E-state index in [0.717, 1.165) is 6.07 Å². The fourth-order valence-electron chi connectivity index (χ4n) is 3.66. The van der Waals surface area contributed by atoms with E-state index in [-0.39, 0.29) is 30.8 Å². The third-order valence-electron chi connectivity index (χ3n) is 5.24. The van der Waals surface area contributed by atoms with Crippen LogP contribution < -0.4 is 10.5 Å². The van der Waals surface area contributed by atoms with Gasteiger partial charge in [0.1, 0.15) is 11.4 Å². The molecule has 154 valence electrons. The Hall–Kier alpha value is -3.03. The van der Waals surface area contributed by atoms with Crippen LogP contribution in [0.15, 0.2) is 57.7 Å². The number of aryl methyl sites for hydroxylation is 1. The summed E-state index contributed by atoms with van der Waals surface area (Å²) < 4.78 is 18.5. The number of benzene rings is 2. The Morgan fingerprint density at radius 2 is 1.97 bits per heavy atom. The van der Waals surface area contributed by atoms with Crippen molar-refractivity contribution in [2.24, 2.45) is 0 Å². The van der Waals surface area contributed by atoms with Crippen molar-refractivity contribution in [1.29, 1.82) is 0 Å². The van der Waals surface area contributed by atoms with Crippen LogP contribution in [0.1, 0.15) is 18.4 Å². The summed E-state index contributed by atoms with van der Waals surface area (Å²) in [6, 6.07) is 11.6. The van der Waals surface area contributed by atoms with Gasteiger partial charge < -0.3 is 14.4 Å². The highest BCUT2D eigenvalue weighted by Crippen LogP contribution is 2.32. The maximum atomic E-state index is 13.5. The molecule has 1 aliphatic rings. The second kappa shape index (κ2) is 7.66. The molecule has 0 bridgehead atoms. The number of aliphatic hydroxyl groups is 1. The molecule has 8 heteroatoms. The topological polar surface area (TPSA) is 87.8 Å². The molecule has 4 rings (SSSR count). The van der Waals surface area contributed by atoms with Gasteiger partial charge in [0.05, 0.1) is 0 Å². The predicted octanol–water partition coefficient (Wildman–Crippen LogP) is 3.26. The molecule has 1 unspecified atom stereocenters. The highest BCUT2D eigenvalue weighted by atomic mass is 35.5. The summed E-state index contributed by atoms with van der Waals surface area (Å²) in [4.78, 5) is 38.2. The number of rotatable bonds is 5. The van der Waals surface area contributed by atoms with Gasteiger partial charge in [-0.15, -0.1) is 0 Å². The van der Waals surface area contributed by atoms with Crippen LogP contribution in [0, 0.1) is 5.82 Å². The largest absolute Gasteiger partial charge is 0.423 e. The second-order valence-electron chi connectivity index (χ2n) is 7.24. The van der Waals surface area contributed by atoms with Gasteiger partial charge >= 0.3 is 5.63 Å². The number of halogens is 2. The molecule has 1 aromatic heterocycles. The van der Waals surface area contributed by atoms with Crippen molar-refractivity contribution in [1.82, 2.24) is 0 Å². The monoisotopic (exact) mass is 429 g/mol. The van der Waals surface area contributed by atoms with Crippen molar-refractivity contribution in [3.8, 4) is 0 Å². The van der Waals surface area contributed by atoms with Crippen molar-refractivity contribution in [2.75, 3.05) is 11.4 Å². The highest BCUT2D eigenvalue weighted by Gasteiger charge is 2.50. The molecule has 1 atom stereocenters. The van der Waals surface area contributed by atoms with Crippen molar-refractivity contribution < 1.29 is 23.5 Å². The number of Topliss-reactive ketones (excluding diaryl/α,β-unsaturated/α-hetero) is 1. The van der Waals surface area contributed by atoms with Crippen LogP contribution >= 0.6 is 11.6 Å². The number of fused-ring (bicyclic) bond motifs is 1. The molecular formula is C22H17ClFNO5. The minimum Gasteiger partial charge on any atom is -0.423 e. The number of carbonyl (C=O) groups is 2. The molecule has 0 spiro atoms. The van der Waals surface area contributed by atoms with Crippen molar-refractivity contribution in [2.45, 2.75) is 24.9 Å². The third-order valence-corrected chi connectivity index (χ3v) is 5.45. The molecule has 1 N–H and O–H groups in total. The van der Waals surface area contributed by atoms with Crippen molar-refractivity contribution in [3.05, 3.63) is 75.4 Å². The summed E-state index contributed by atoms with van der Waals surface area (Å²) in [6.45, 7) is 0.162. The third kappa shape index (κ3) is 3.74. The number of hydrogen-bond acceptors (Lipinski definition) is 5. The van der Waals surface area contributed by atoms with E-state index in [0.29, 0.717) is 22.2 Å². The maximum Gasteiger partial charge on any atom is 0.336 e. The number of anilines is 1. The lowest BCUT2D eigenvalue weighted by Crippen LogP contribution is -2.47.